The summed E-state index contributed by atoms with van der Waals surface area (Å²) in [5.74, 6) is 0.802. The Hall–Kier alpha value is -0.820. The van der Waals surface area contributed by atoms with E-state index in [0.717, 1.165) is 0 Å². The van der Waals surface area contributed by atoms with Crippen LogP contribution < -0.4 is 0 Å². The SMILES string of the molecule is CC(C)[C@@H](O)C1([C@H](C)c2ccccc2)CCC1. The zero-order valence-corrected chi connectivity index (χ0v) is 11.2. The van der Waals surface area contributed by atoms with Crippen LogP contribution in [0.3, 0.4) is 0 Å². The Bertz CT molecular complexity index is 351. The number of hydrogen-bond donors (Lipinski definition) is 1. The summed E-state index contributed by atoms with van der Waals surface area (Å²) in [6, 6.07) is 10.6. The first-order valence-electron chi connectivity index (χ1n) is 6.81. The second-order valence-electron chi connectivity index (χ2n) is 5.91. The summed E-state index contributed by atoms with van der Waals surface area (Å²) in [5, 5.41) is 10.5. The van der Waals surface area contributed by atoms with Crippen molar-refractivity contribution in [2.75, 3.05) is 0 Å². The minimum Gasteiger partial charge on any atom is -0.392 e. The van der Waals surface area contributed by atoms with Crippen LogP contribution in [0.25, 0.3) is 0 Å². The van der Waals surface area contributed by atoms with Crippen LogP contribution in [0.1, 0.15) is 51.5 Å². The number of rotatable bonds is 4. The third kappa shape index (κ3) is 2.13. The predicted molar refractivity (Wildman–Crippen MR) is 72.0 cm³/mol. The van der Waals surface area contributed by atoms with E-state index in [-0.39, 0.29) is 11.5 Å². The lowest BCUT2D eigenvalue weighted by Gasteiger charge is -2.51. The Morgan fingerprint density at radius 1 is 1.06 bits per heavy atom. The molecule has 1 aliphatic carbocycles. The fourth-order valence-electron chi connectivity index (χ4n) is 3.31. The topological polar surface area (TPSA) is 20.2 Å². The largest absolute Gasteiger partial charge is 0.392 e. The Kier molecular flexibility index (Phi) is 3.58. The minimum atomic E-state index is -0.175. The number of benzene rings is 1. The summed E-state index contributed by atoms with van der Waals surface area (Å²) in [6.07, 6.45) is 3.43. The molecule has 0 bridgehead atoms. The molecule has 0 amide bonds. The monoisotopic (exact) mass is 232 g/mol. The van der Waals surface area contributed by atoms with Crippen molar-refractivity contribution in [2.24, 2.45) is 11.3 Å². The van der Waals surface area contributed by atoms with Gasteiger partial charge in [0.1, 0.15) is 0 Å². The predicted octanol–water partition coefficient (Wildman–Crippen LogP) is 3.98. The Morgan fingerprint density at radius 3 is 2.06 bits per heavy atom. The first-order chi connectivity index (χ1) is 8.08. The third-order valence-electron chi connectivity index (χ3n) is 4.67. The Morgan fingerprint density at radius 2 is 1.65 bits per heavy atom. The molecule has 0 aromatic heterocycles. The molecule has 0 saturated heterocycles. The summed E-state index contributed by atoms with van der Waals surface area (Å²) >= 11 is 0. The first-order valence-corrected chi connectivity index (χ1v) is 6.81. The summed E-state index contributed by atoms with van der Waals surface area (Å²) in [6.45, 7) is 6.53. The lowest BCUT2D eigenvalue weighted by molar-refractivity contribution is -0.0760. The third-order valence-corrected chi connectivity index (χ3v) is 4.67. The van der Waals surface area contributed by atoms with E-state index in [1.807, 2.05) is 0 Å². The molecule has 1 nitrogen and oxygen atoms in total. The van der Waals surface area contributed by atoms with Gasteiger partial charge in [-0.15, -0.1) is 0 Å². The normalized spacial score (nSPS) is 21.9. The fraction of sp³-hybridized carbons (Fsp3) is 0.625. The highest BCUT2D eigenvalue weighted by atomic mass is 16.3. The van der Waals surface area contributed by atoms with Crippen molar-refractivity contribution >= 4 is 0 Å². The molecule has 1 N–H and O–H groups in total. The van der Waals surface area contributed by atoms with Gasteiger partial charge in [-0.05, 0) is 30.2 Å². The minimum absolute atomic E-state index is 0.121. The molecular weight excluding hydrogens is 208 g/mol. The average Bonchev–Trinajstić information content (AvgIpc) is 2.28. The van der Waals surface area contributed by atoms with Crippen molar-refractivity contribution in [1.29, 1.82) is 0 Å². The van der Waals surface area contributed by atoms with Crippen LogP contribution in [0.2, 0.25) is 0 Å². The summed E-state index contributed by atoms with van der Waals surface area (Å²) in [5.41, 5.74) is 1.49. The van der Waals surface area contributed by atoms with Crippen molar-refractivity contribution in [3.05, 3.63) is 35.9 Å². The molecule has 0 radical (unpaired) electrons. The molecule has 1 heteroatoms. The van der Waals surface area contributed by atoms with Gasteiger partial charge in [-0.2, -0.15) is 0 Å². The van der Waals surface area contributed by atoms with Crippen LogP contribution in [0.15, 0.2) is 30.3 Å². The van der Waals surface area contributed by atoms with E-state index >= 15 is 0 Å². The lowest BCUT2D eigenvalue weighted by atomic mass is 9.55. The van der Waals surface area contributed by atoms with Gasteiger partial charge < -0.3 is 5.11 Å². The van der Waals surface area contributed by atoms with Gasteiger partial charge in [-0.3, -0.25) is 0 Å². The van der Waals surface area contributed by atoms with Crippen LogP contribution in [-0.2, 0) is 0 Å². The fourth-order valence-corrected chi connectivity index (χ4v) is 3.31. The van der Waals surface area contributed by atoms with Crippen molar-refractivity contribution in [3.8, 4) is 0 Å². The van der Waals surface area contributed by atoms with Crippen LogP contribution in [0.4, 0.5) is 0 Å². The van der Waals surface area contributed by atoms with Crippen molar-refractivity contribution in [3.63, 3.8) is 0 Å². The quantitative estimate of drug-likeness (QED) is 0.832. The molecular formula is C16H24O. The summed E-state index contributed by atoms with van der Waals surface area (Å²) in [7, 11) is 0. The van der Waals surface area contributed by atoms with Gasteiger partial charge in [0, 0.05) is 5.41 Å². The molecule has 0 spiro atoms. The smallest absolute Gasteiger partial charge is 0.0625 e. The second kappa shape index (κ2) is 4.81. The van der Waals surface area contributed by atoms with Crippen LogP contribution >= 0.6 is 0 Å². The molecule has 0 unspecified atom stereocenters. The van der Waals surface area contributed by atoms with E-state index in [4.69, 9.17) is 0 Å². The Labute approximate surface area is 105 Å². The molecule has 2 atom stereocenters. The van der Waals surface area contributed by atoms with Crippen LogP contribution in [0.5, 0.6) is 0 Å². The standard InChI is InChI=1S/C16H24O/c1-12(2)15(17)16(10-7-11-16)13(3)14-8-5-4-6-9-14/h4-6,8-9,12-13,15,17H,7,10-11H2,1-3H3/t13-,15-/m1/s1. The maximum absolute atomic E-state index is 10.5. The number of hydrogen-bond acceptors (Lipinski definition) is 1. The second-order valence-corrected chi connectivity index (χ2v) is 5.91. The molecule has 1 aliphatic rings. The summed E-state index contributed by atoms with van der Waals surface area (Å²) < 4.78 is 0. The maximum Gasteiger partial charge on any atom is 0.0625 e. The van der Waals surface area contributed by atoms with Crippen molar-refractivity contribution < 1.29 is 5.11 Å². The molecule has 1 fully saturated rings. The highest BCUT2D eigenvalue weighted by Gasteiger charge is 2.48. The average molecular weight is 232 g/mol. The molecule has 94 valence electrons. The summed E-state index contributed by atoms with van der Waals surface area (Å²) in [4.78, 5) is 0. The highest BCUT2D eigenvalue weighted by Crippen LogP contribution is 2.55. The van der Waals surface area contributed by atoms with E-state index in [0.29, 0.717) is 11.8 Å². The maximum atomic E-state index is 10.5. The van der Waals surface area contributed by atoms with Crippen molar-refractivity contribution in [1.82, 2.24) is 0 Å². The van der Waals surface area contributed by atoms with E-state index < -0.39 is 0 Å². The van der Waals surface area contributed by atoms with Crippen LogP contribution in [-0.4, -0.2) is 11.2 Å². The van der Waals surface area contributed by atoms with Gasteiger partial charge in [-0.25, -0.2) is 0 Å². The number of aliphatic hydroxyl groups excluding tert-OH is 1. The zero-order chi connectivity index (χ0) is 12.5. The Balaban J connectivity index is 2.24. The molecule has 1 saturated carbocycles. The van der Waals surface area contributed by atoms with Gasteiger partial charge in [0.05, 0.1) is 6.10 Å². The molecule has 1 aromatic rings. The first kappa shape index (κ1) is 12.6. The zero-order valence-electron chi connectivity index (χ0n) is 11.2. The van der Waals surface area contributed by atoms with E-state index in [9.17, 15) is 5.11 Å². The van der Waals surface area contributed by atoms with Gasteiger partial charge in [-0.1, -0.05) is 57.5 Å². The molecule has 17 heavy (non-hydrogen) atoms. The van der Waals surface area contributed by atoms with Crippen LogP contribution in [0, 0.1) is 11.3 Å². The van der Waals surface area contributed by atoms with Gasteiger partial charge in [0.15, 0.2) is 0 Å². The highest BCUT2D eigenvalue weighted by molar-refractivity contribution is 5.23. The lowest BCUT2D eigenvalue weighted by Crippen LogP contribution is -2.47. The molecule has 0 aliphatic heterocycles. The molecule has 0 heterocycles. The van der Waals surface area contributed by atoms with Gasteiger partial charge in [0.25, 0.3) is 0 Å². The van der Waals surface area contributed by atoms with E-state index in [1.165, 1.54) is 24.8 Å². The van der Waals surface area contributed by atoms with Gasteiger partial charge in [0.2, 0.25) is 0 Å². The number of aliphatic hydroxyl groups is 1. The van der Waals surface area contributed by atoms with E-state index in [1.54, 1.807) is 0 Å². The van der Waals surface area contributed by atoms with Gasteiger partial charge >= 0.3 is 0 Å². The van der Waals surface area contributed by atoms with Crippen molar-refractivity contribution in [2.45, 2.75) is 52.1 Å². The van der Waals surface area contributed by atoms with E-state index in [2.05, 4.69) is 51.1 Å². The molecule has 1 aromatic carbocycles. The molecule has 2 rings (SSSR count).